The molecular formula is C18H18ClNO3. The van der Waals surface area contributed by atoms with Crippen molar-refractivity contribution in [3.8, 4) is 0 Å². The number of hydrogen-bond donors (Lipinski definition) is 1. The van der Waals surface area contributed by atoms with Crippen molar-refractivity contribution in [1.82, 2.24) is 5.32 Å². The molecule has 23 heavy (non-hydrogen) atoms. The van der Waals surface area contributed by atoms with Crippen LogP contribution in [0.3, 0.4) is 0 Å². The fraction of sp³-hybridized carbons (Fsp3) is 0.222. The minimum atomic E-state index is -0.552. The summed E-state index contributed by atoms with van der Waals surface area (Å²) in [6, 6.07) is 13.8. The van der Waals surface area contributed by atoms with Gasteiger partial charge in [-0.1, -0.05) is 47.5 Å². The molecule has 1 amide bonds. The van der Waals surface area contributed by atoms with E-state index in [0.717, 1.165) is 5.56 Å². The molecule has 0 aromatic heterocycles. The van der Waals surface area contributed by atoms with E-state index in [4.69, 9.17) is 16.3 Å². The van der Waals surface area contributed by atoms with Crippen LogP contribution < -0.4 is 5.32 Å². The third kappa shape index (κ3) is 4.57. The van der Waals surface area contributed by atoms with Crippen LogP contribution in [0.15, 0.2) is 48.5 Å². The first-order chi connectivity index (χ1) is 11.0. The van der Waals surface area contributed by atoms with Gasteiger partial charge in [0.25, 0.3) is 5.91 Å². The van der Waals surface area contributed by atoms with Gasteiger partial charge in [0, 0.05) is 10.6 Å². The summed E-state index contributed by atoms with van der Waals surface area (Å²) < 4.78 is 4.72. The van der Waals surface area contributed by atoms with Gasteiger partial charge in [-0.05, 0) is 30.7 Å². The fourth-order valence-corrected chi connectivity index (χ4v) is 2.54. The number of benzene rings is 2. The monoisotopic (exact) mass is 331 g/mol. The molecule has 0 aliphatic carbocycles. The Balaban J connectivity index is 2.26. The number of carbonyl (C=O) groups is 2. The van der Waals surface area contributed by atoms with Crippen molar-refractivity contribution in [3.63, 3.8) is 0 Å². The van der Waals surface area contributed by atoms with Gasteiger partial charge in [-0.3, -0.25) is 9.59 Å². The average Bonchev–Trinajstić information content (AvgIpc) is 2.54. The van der Waals surface area contributed by atoms with E-state index < -0.39 is 12.0 Å². The maximum absolute atomic E-state index is 12.5. The summed E-state index contributed by atoms with van der Waals surface area (Å²) in [5.41, 5.74) is 2.20. The summed E-state index contributed by atoms with van der Waals surface area (Å²) in [6.45, 7) is 1.91. The number of carbonyl (C=O) groups excluding carboxylic acids is 2. The zero-order valence-electron chi connectivity index (χ0n) is 13.0. The summed E-state index contributed by atoms with van der Waals surface area (Å²) in [4.78, 5) is 24.1. The molecule has 0 fully saturated rings. The number of rotatable bonds is 5. The fourth-order valence-electron chi connectivity index (χ4n) is 2.27. The molecule has 1 unspecified atom stereocenters. The second-order valence-corrected chi connectivity index (χ2v) is 5.60. The lowest BCUT2D eigenvalue weighted by atomic mass is 10.0. The van der Waals surface area contributed by atoms with Crippen molar-refractivity contribution in [2.75, 3.05) is 7.11 Å². The number of hydrogen-bond acceptors (Lipinski definition) is 3. The van der Waals surface area contributed by atoms with Crippen LogP contribution in [-0.4, -0.2) is 19.0 Å². The van der Waals surface area contributed by atoms with Crippen molar-refractivity contribution in [3.05, 3.63) is 70.2 Å². The third-order valence-corrected chi connectivity index (χ3v) is 3.81. The van der Waals surface area contributed by atoms with Crippen LogP contribution in [0.2, 0.25) is 5.02 Å². The van der Waals surface area contributed by atoms with Crippen LogP contribution in [0.1, 0.15) is 33.9 Å². The Morgan fingerprint density at radius 2 is 1.91 bits per heavy atom. The smallest absolute Gasteiger partial charge is 0.307 e. The molecule has 0 saturated heterocycles. The van der Waals surface area contributed by atoms with Gasteiger partial charge in [-0.15, -0.1) is 0 Å². The number of esters is 1. The van der Waals surface area contributed by atoms with Gasteiger partial charge in [0.2, 0.25) is 0 Å². The van der Waals surface area contributed by atoms with E-state index in [1.165, 1.54) is 7.11 Å². The molecule has 1 N–H and O–H groups in total. The Labute approximate surface area is 140 Å². The van der Waals surface area contributed by atoms with Crippen molar-refractivity contribution < 1.29 is 14.3 Å². The van der Waals surface area contributed by atoms with Crippen molar-refractivity contribution in [2.24, 2.45) is 0 Å². The minimum absolute atomic E-state index is 0.0117. The summed E-state index contributed by atoms with van der Waals surface area (Å²) >= 11 is 6.20. The van der Waals surface area contributed by atoms with E-state index in [1.54, 1.807) is 30.3 Å². The van der Waals surface area contributed by atoms with Crippen LogP contribution in [0.25, 0.3) is 0 Å². The van der Waals surface area contributed by atoms with Crippen LogP contribution in [-0.2, 0) is 9.53 Å². The average molecular weight is 332 g/mol. The van der Waals surface area contributed by atoms with Gasteiger partial charge in [0.15, 0.2) is 0 Å². The largest absolute Gasteiger partial charge is 0.469 e. The Morgan fingerprint density at radius 1 is 1.17 bits per heavy atom. The molecule has 0 spiro atoms. The molecule has 2 aromatic rings. The van der Waals surface area contributed by atoms with E-state index in [0.29, 0.717) is 16.1 Å². The summed E-state index contributed by atoms with van der Waals surface area (Å²) in [5.74, 6) is -0.679. The lowest BCUT2D eigenvalue weighted by molar-refractivity contribution is -0.141. The number of amides is 1. The predicted octanol–water partition coefficient (Wildman–Crippen LogP) is 3.68. The van der Waals surface area contributed by atoms with Gasteiger partial charge in [-0.2, -0.15) is 0 Å². The molecule has 2 aromatic carbocycles. The molecule has 0 aliphatic heterocycles. The SMILES string of the molecule is COC(=O)CC(NC(=O)c1cccc(C)c1)c1ccccc1Cl. The van der Waals surface area contributed by atoms with Gasteiger partial charge in [-0.25, -0.2) is 0 Å². The molecule has 4 nitrogen and oxygen atoms in total. The van der Waals surface area contributed by atoms with Gasteiger partial charge >= 0.3 is 5.97 Å². The minimum Gasteiger partial charge on any atom is -0.469 e. The number of methoxy groups -OCH3 is 1. The highest BCUT2D eigenvalue weighted by Crippen LogP contribution is 2.25. The van der Waals surface area contributed by atoms with Crippen molar-refractivity contribution >= 4 is 23.5 Å². The molecule has 5 heteroatoms. The standard InChI is InChI=1S/C18H18ClNO3/c1-12-6-5-7-13(10-12)18(22)20-16(11-17(21)23-2)14-8-3-4-9-15(14)19/h3-10,16H,11H2,1-2H3,(H,20,22). The second kappa shape index (κ2) is 7.79. The van der Waals surface area contributed by atoms with Crippen LogP contribution in [0.5, 0.6) is 0 Å². The number of ether oxygens (including phenoxy) is 1. The maximum atomic E-state index is 12.5. The second-order valence-electron chi connectivity index (χ2n) is 5.20. The van der Waals surface area contributed by atoms with E-state index in [-0.39, 0.29) is 12.3 Å². The number of halogens is 1. The summed E-state index contributed by atoms with van der Waals surface area (Å²) in [7, 11) is 1.31. The highest BCUT2D eigenvalue weighted by Gasteiger charge is 2.21. The molecule has 0 radical (unpaired) electrons. The van der Waals surface area contributed by atoms with Crippen LogP contribution in [0, 0.1) is 6.92 Å². The van der Waals surface area contributed by atoms with Gasteiger partial charge in [0.05, 0.1) is 19.6 Å². The Bertz CT molecular complexity index is 715. The molecular weight excluding hydrogens is 314 g/mol. The molecule has 120 valence electrons. The number of nitrogens with one attached hydrogen (secondary N) is 1. The summed E-state index contributed by atoms with van der Waals surface area (Å²) in [5, 5.41) is 3.35. The highest BCUT2D eigenvalue weighted by molar-refractivity contribution is 6.31. The van der Waals surface area contributed by atoms with Crippen LogP contribution >= 0.6 is 11.6 Å². The molecule has 0 aliphatic rings. The first-order valence-corrected chi connectivity index (χ1v) is 7.58. The quantitative estimate of drug-likeness (QED) is 0.850. The van der Waals surface area contributed by atoms with Crippen molar-refractivity contribution in [1.29, 1.82) is 0 Å². The van der Waals surface area contributed by atoms with Crippen LogP contribution in [0.4, 0.5) is 0 Å². The molecule has 2 rings (SSSR count). The van der Waals surface area contributed by atoms with E-state index in [9.17, 15) is 9.59 Å². The topological polar surface area (TPSA) is 55.4 Å². The molecule has 0 heterocycles. The maximum Gasteiger partial charge on any atom is 0.307 e. The molecule has 0 bridgehead atoms. The molecule has 0 saturated carbocycles. The lowest BCUT2D eigenvalue weighted by Gasteiger charge is -2.19. The number of aryl methyl sites for hydroxylation is 1. The van der Waals surface area contributed by atoms with Gasteiger partial charge < -0.3 is 10.1 Å². The van der Waals surface area contributed by atoms with Crippen molar-refractivity contribution in [2.45, 2.75) is 19.4 Å². The summed E-state index contributed by atoms with van der Waals surface area (Å²) in [6.07, 6.45) is 0.0117. The highest BCUT2D eigenvalue weighted by atomic mass is 35.5. The van der Waals surface area contributed by atoms with Gasteiger partial charge in [0.1, 0.15) is 0 Å². The predicted molar refractivity (Wildman–Crippen MR) is 89.5 cm³/mol. The first kappa shape index (κ1) is 17.0. The van der Waals surface area contributed by atoms with E-state index in [1.807, 2.05) is 25.1 Å². The van der Waals surface area contributed by atoms with E-state index >= 15 is 0 Å². The zero-order chi connectivity index (χ0) is 16.8. The first-order valence-electron chi connectivity index (χ1n) is 7.20. The Hall–Kier alpha value is -2.33. The normalized spacial score (nSPS) is 11.6. The zero-order valence-corrected chi connectivity index (χ0v) is 13.8. The van der Waals surface area contributed by atoms with E-state index in [2.05, 4.69) is 5.32 Å². The Kier molecular flexibility index (Phi) is 5.77. The lowest BCUT2D eigenvalue weighted by Crippen LogP contribution is -2.30. The molecule has 1 atom stereocenters. The third-order valence-electron chi connectivity index (χ3n) is 3.46. The Morgan fingerprint density at radius 3 is 2.57 bits per heavy atom.